The number of aliphatic carboxylic acids is 1. The van der Waals surface area contributed by atoms with E-state index in [0.717, 1.165) is 25.2 Å². The second kappa shape index (κ2) is 4.85. The van der Waals surface area contributed by atoms with E-state index in [1.165, 1.54) is 12.8 Å². The van der Waals surface area contributed by atoms with Gasteiger partial charge in [-0.05, 0) is 25.2 Å². The molecule has 2 aliphatic rings. The Morgan fingerprint density at radius 1 is 1.12 bits per heavy atom. The summed E-state index contributed by atoms with van der Waals surface area (Å²) in [6, 6.07) is 0.339. The molecule has 16 heavy (non-hydrogen) atoms. The first kappa shape index (κ1) is 11.4. The quantitative estimate of drug-likeness (QED) is 0.716. The molecule has 4 heteroatoms. The fourth-order valence-corrected chi connectivity index (χ4v) is 1.99. The molecule has 0 saturated heterocycles. The van der Waals surface area contributed by atoms with Crippen molar-refractivity contribution in [2.45, 2.75) is 51.0 Å². The molecule has 0 unspecified atom stereocenters. The first-order valence-electron chi connectivity index (χ1n) is 6.18. The largest absolute Gasteiger partial charge is 0.481 e. The average molecular weight is 225 g/mol. The summed E-state index contributed by atoms with van der Waals surface area (Å²) in [5.41, 5.74) is 0. The summed E-state index contributed by atoms with van der Waals surface area (Å²) < 4.78 is 0. The molecule has 2 aliphatic carbocycles. The summed E-state index contributed by atoms with van der Waals surface area (Å²) in [4.78, 5) is 24.2. The number of carboxylic acids is 1. The molecular weight excluding hydrogens is 206 g/mol. The molecule has 2 fully saturated rings. The van der Waals surface area contributed by atoms with Crippen molar-refractivity contribution in [1.82, 2.24) is 4.90 Å². The Morgan fingerprint density at radius 2 is 1.81 bits per heavy atom. The first-order chi connectivity index (χ1) is 7.66. The highest BCUT2D eigenvalue weighted by atomic mass is 16.4. The van der Waals surface area contributed by atoms with Crippen LogP contribution in [0.2, 0.25) is 0 Å². The molecular formula is C12H19NO3. The van der Waals surface area contributed by atoms with E-state index >= 15 is 0 Å². The van der Waals surface area contributed by atoms with Crippen molar-refractivity contribution in [3.05, 3.63) is 0 Å². The van der Waals surface area contributed by atoms with E-state index in [1.54, 1.807) is 4.90 Å². The van der Waals surface area contributed by atoms with Crippen molar-refractivity contribution in [3.63, 3.8) is 0 Å². The van der Waals surface area contributed by atoms with Crippen LogP contribution in [-0.4, -0.2) is 34.5 Å². The minimum atomic E-state index is -0.819. The third-order valence-corrected chi connectivity index (χ3v) is 3.34. The van der Waals surface area contributed by atoms with E-state index in [0.29, 0.717) is 19.0 Å². The van der Waals surface area contributed by atoms with E-state index in [9.17, 15) is 9.59 Å². The van der Waals surface area contributed by atoms with Crippen LogP contribution in [0.25, 0.3) is 0 Å². The highest BCUT2D eigenvalue weighted by Crippen LogP contribution is 2.34. The number of carboxylic acid groups (broad SMARTS) is 1. The Morgan fingerprint density at radius 3 is 2.31 bits per heavy atom. The highest BCUT2D eigenvalue weighted by molar-refractivity contribution is 5.77. The molecule has 0 aromatic heterocycles. The number of carbonyl (C=O) groups is 2. The van der Waals surface area contributed by atoms with Crippen molar-refractivity contribution in [2.24, 2.45) is 5.92 Å². The number of nitrogens with zero attached hydrogens (tertiary/aromatic N) is 1. The third kappa shape index (κ3) is 3.51. The van der Waals surface area contributed by atoms with Gasteiger partial charge in [-0.25, -0.2) is 0 Å². The molecule has 0 radical (unpaired) electrons. The number of hydrogen-bond acceptors (Lipinski definition) is 2. The number of hydrogen-bond donors (Lipinski definition) is 1. The summed E-state index contributed by atoms with van der Waals surface area (Å²) >= 11 is 0. The molecule has 1 amide bonds. The summed E-state index contributed by atoms with van der Waals surface area (Å²) in [6.07, 6.45) is 6.32. The van der Waals surface area contributed by atoms with Gasteiger partial charge in [0.1, 0.15) is 0 Å². The topological polar surface area (TPSA) is 57.6 Å². The lowest BCUT2D eigenvalue weighted by molar-refractivity contribution is -0.138. The Kier molecular flexibility index (Phi) is 3.46. The Bertz CT molecular complexity index is 282. The lowest BCUT2D eigenvalue weighted by Gasteiger charge is -2.21. The average Bonchev–Trinajstić information content (AvgIpc) is 3.08. The van der Waals surface area contributed by atoms with E-state index in [-0.39, 0.29) is 12.3 Å². The second-order valence-electron chi connectivity index (χ2n) is 4.94. The van der Waals surface area contributed by atoms with Crippen LogP contribution in [-0.2, 0) is 9.59 Å². The van der Waals surface area contributed by atoms with E-state index < -0.39 is 5.97 Å². The van der Waals surface area contributed by atoms with Crippen molar-refractivity contribution in [3.8, 4) is 0 Å². The van der Waals surface area contributed by atoms with Gasteiger partial charge in [0.25, 0.3) is 0 Å². The van der Waals surface area contributed by atoms with Crippen molar-refractivity contribution < 1.29 is 14.7 Å². The van der Waals surface area contributed by atoms with Crippen LogP contribution in [0.4, 0.5) is 0 Å². The fourth-order valence-electron chi connectivity index (χ4n) is 1.99. The molecule has 0 aromatic carbocycles. The number of carbonyl (C=O) groups excluding carboxylic acids is 1. The first-order valence-corrected chi connectivity index (χ1v) is 6.18. The van der Waals surface area contributed by atoms with Crippen LogP contribution in [0.5, 0.6) is 0 Å². The Balaban J connectivity index is 1.75. The molecule has 0 spiro atoms. The Hall–Kier alpha value is -1.06. The monoisotopic (exact) mass is 225 g/mol. The molecule has 0 aromatic rings. The molecule has 0 atom stereocenters. The minimum Gasteiger partial charge on any atom is -0.481 e. The molecule has 0 heterocycles. The van der Waals surface area contributed by atoms with Gasteiger partial charge in [-0.3, -0.25) is 9.59 Å². The highest BCUT2D eigenvalue weighted by Gasteiger charge is 2.33. The van der Waals surface area contributed by atoms with Gasteiger partial charge in [0.15, 0.2) is 0 Å². The van der Waals surface area contributed by atoms with Crippen LogP contribution in [0, 0.1) is 5.92 Å². The van der Waals surface area contributed by atoms with Crippen LogP contribution >= 0.6 is 0 Å². The minimum absolute atomic E-state index is 0.0751. The zero-order valence-corrected chi connectivity index (χ0v) is 9.52. The van der Waals surface area contributed by atoms with E-state index in [1.807, 2.05) is 0 Å². The second-order valence-corrected chi connectivity index (χ2v) is 4.94. The maximum absolute atomic E-state index is 11.9. The molecule has 4 nitrogen and oxygen atoms in total. The summed E-state index contributed by atoms with van der Waals surface area (Å²) in [5, 5.41) is 8.64. The van der Waals surface area contributed by atoms with Crippen molar-refractivity contribution in [2.75, 3.05) is 6.54 Å². The van der Waals surface area contributed by atoms with Crippen molar-refractivity contribution in [1.29, 1.82) is 0 Å². The summed E-state index contributed by atoms with van der Waals surface area (Å²) in [6.45, 7) is 0.392. The normalized spacial score (nSPS) is 19.5. The molecule has 0 bridgehead atoms. The fraction of sp³-hybridized carbons (Fsp3) is 0.833. The molecule has 2 rings (SSSR count). The summed E-state index contributed by atoms with van der Waals surface area (Å²) in [7, 11) is 0. The predicted molar refractivity (Wildman–Crippen MR) is 58.9 cm³/mol. The lowest BCUT2D eigenvalue weighted by atomic mass is 10.2. The van der Waals surface area contributed by atoms with Crippen molar-refractivity contribution >= 4 is 11.9 Å². The van der Waals surface area contributed by atoms with Crippen LogP contribution in [0.15, 0.2) is 0 Å². The van der Waals surface area contributed by atoms with Crippen LogP contribution in [0.3, 0.4) is 0 Å². The van der Waals surface area contributed by atoms with Gasteiger partial charge in [-0.2, -0.15) is 0 Å². The standard InChI is InChI=1S/C12H19NO3/c14-11(6-3-9-1-2-9)13(10-4-5-10)8-7-12(15)16/h9-10H,1-8H2,(H,15,16). The lowest BCUT2D eigenvalue weighted by Crippen LogP contribution is -2.34. The maximum atomic E-state index is 11.9. The van der Waals surface area contributed by atoms with Gasteiger partial charge < -0.3 is 10.0 Å². The molecule has 90 valence electrons. The van der Waals surface area contributed by atoms with Gasteiger partial charge in [0.05, 0.1) is 6.42 Å². The van der Waals surface area contributed by atoms with Gasteiger partial charge in [0.2, 0.25) is 5.91 Å². The summed E-state index contributed by atoms with van der Waals surface area (Å²) in [5.74, 6) is 0.112. The molecule has 0 aliphatic heterocycles. The van der Waals surface area contributed by atoms with E-state index in [4.69, 9.17) is 5.11 Å². The maximum Gasteiger partial charge on any atom is 0.305 e. The predicted octanol–water partition coefficient (Wildman–Crippen LogP) is 1.64. The van der Waals surface area contributed by atoms with Gasteiger partial charge in [0, 0.05) is 19.0 Å². The molecule has 2 saturated carbocycles. The van der Waals surface area contributed by atoms with Gasteiger partial charge in [-0.15, -0.1) is 0 Å². The third-order valence-electron chi connectivity index (χ3n) is 3.34. The zero-order chi connectivity index (χ0) is 11.5. The van der Waals surface area contributed by atoms with Crippen LogP contribution < -0.4 is 0 Å². The van der Waals surface area contributed by atoms with Gasteiger partial charge >= 0.3 is 5.97 Å². The SMILES string of the molecule is O=C(O)CCN(C(=O)CCC1CC1)C1CC1. The Labute approximate surface area is 95.6 Å². The number of rotatable bonds is 7. The van der Waals surface area contributed by atoms with Crippen LogP contribution in [0.1, 0.15) is 44.9 Å². The van der Waals surface area contributed by atoms with E-state index in [2.05, 4.69) is 0 Å². The number of amides is 1. The smallest absolute Gasteiger partial charge is 0.305 e. The van der Waals surface area contributed by atoms with Gasteiger partial charge in [-0.1, -0.05) is 12.8 Å². The zero-order valence-electron chi connectivity index (χ0n) is 9.52. The molecule has 1 N–H and O–H groups in total.